The molecule has 1 aromatic rings. The molecule has 0 aliphatic carbocycles. The maximum atomic E-state index is 11.3. The highest BCUT2D eigenvalue weighted by Crippen LogP contribution is 2.28. The zero-order valence-electron chi connectivity index (χ0n) is 10.2. The molecule has 0 bridgehead atoms. The third-order valence-corrected chi connectivity index (χ3v) is 5.31. The zero-order valence-corrected chi connectivity index (χ0v) is 11.0. The number of anilines is 1. The van der Waals surface area contributed by atoms with E-state index in [1.54, 1.807) is 0 Å². The molecule has 0 saturated carbocycles. The first kappa shape index (κ1) is 11.8. The maximum absolute atomic E-state index is 11.3. The second-order valence-electron chi connectivity index (χ2n) is 4.96. The number of hydrogen-bond acceptors (Lipinski definition) is 4. The van der Waals surface area contributed by atoms with Gasteiger partial charge in [0.2, 0.25) is 0 Å². The smallest absolute Gasteiger partial charge is 0.150 e. The van der Waals surface area contributed by atoms with E-state index in [2.05, 4.69) is 11.4 Å². The molecule has 0 unspecified atom stereocenters. The fraction of sp³-hybridized carbons (Fsp3) is 0.538. The fourth-order valence-electron chi connectivity index (χ4n) is 2.52. The third-order valence-electron chi connectivity index (χ3n) is 3.60. The first-order valence-corrected chi connectivity index (χ1v) is 8.18. The van der Waals surface area contributed by atoms with E-state index in [9.17, 15) is 8.42 Å². The van der Waals surface area contributed by atoms with Gasteiger partial charge in [-0.25, -0.2) is 8.42 Å². The standard InChI is InChI=1S/C13H17NO3S/c15-18(16)7-4-11(5-8-18)17-12-2-1-10-3-6-14-13(10)9-12/h1-2,9,11,14H,3-8H2. The van der Waals surface area contributed by atoms with Gasteiger partial charge >= 0.3 is 0 Å². The Morgan fingerprint density at radius 3 is 2.78 bits per heavy atom. The molecule has 98 valence electrons. The summed E-state index contributed by atoms with van der Waals surface area (Å²) in [5.74, 6) is 1.34. The second kappa shape index (κ2) is 4.46. The topological polar surface area (TPSA) is 55.4 Å². The number of ether oxygens (including phenoxy) is 1. The summed E-state index contributed by atoms with van der Waals surface area (Å²) in [6, 6.07) is 6.09. The summed E-state index contributed by atoms with van der Waals surface area (Å²) in [5, 5.41) is 3.31. The van der Waals surface area contributed by atoms with Crippen molar-refractivity contribution in [3.05, 3.63) is 23.8 Å². The molecule has 5 heteroatoms. The van der Waals surface area contributed by atoms with Gasteiger partial charge in [0.15, 0.2) is 9.84 Å². The van der Waals surface area contributed by atoms with E-state index in [4.69, 9.17) is 4.74 Å². The predicted molar refractivity (Wildman–Crippen MR) is 70.9 cm³/mol. The van der Waals surface area contributed by atoms with Crippen LogP contribution < -0.4 is 10.1 Å². The van der Waals surface area contributed by atoms with E-state index in [1.807, 2.05) is 12.1 Å². The Morgan fingerprint density at radius 2 is 2.00 bits per heavy atom. The van der Waals surface area contributed by atoms with Gasteiger partial charge in [-0.15, -0.1) is 0 Å². The molecule has 0 aromatic heterocycles. The Kier molecular flexibility index (Phi) is 2.93. The zero-order chi connectivity index (χ0) is 12.6. The molecule has 0 atom stereocenters. The average Bonchev–Trinajstić information content (AvgIpc) is 2.79. The molecule has 3 rings (SSSR count). The van der Waals surface area contributed by atoms with E-state index < -0.39 is 9.84 Å². The van der Waals surface area contributed by atoms with Crippen molar-refractivity contribution in [3.8, 4) is 5.75 Å². The number of fused-ring (bicyclic) bond motifs is 1. The highest BCUT2D eigenvalue weighted by molar-refractivity contribution is 7.91. The molecule has 4 nitrogen and oxygen atoms in total. The minimum atomic E-state index is -2.81. The van der Waals surface area contributed by atoms with Crippen LogP contribution in [0.4, 0.5) is 5.69 Å². The van der Waals surface area contributed by atoms with Gasteiger partial charge in [0, 0.05) is 18.3 Å². The van der Waals surface area contributed by atoms with Crippen LogP contribution in [0.5, 0.6) is 5.75 Å². The summed E-state index contributed by atoms with van der Waals surface area (Å²) in [6.45, 7) is 0.987. The van der Waals surface area contributed by atoms with Crippen LogP contribution >= 0.6 is 0 Å². The van der Waals surface area contributed by atoms with Gasteiger partial charge in [-0.3, -0.25) is 0 Å². The van der Waals surface area contributed by atoms with E-state index >= 15 is 0 Å². The van der Waals surface area contributed by atoms with Crippen molar-refractivity contribution in [2.75, 3.05) is 23.4 Å². The van der Waals surface area contributed by atoms with Crippen molar-refractivity contribution >= 4 is 15.5 Å². The lowest BCUT2D eigenvalue weighted by atomic mass is 10.1. The van der Waals surface area contributed by atoms with Gasteiger partial charge in [-0.1, -0.05) is 6.07 Å². The predicted octanol–water partition coefficient (Wildman–Crippen LogP) is 1.61. The van der Waals surface area contributed by atoms with Crippen LogP contribution in [0.1, 0.15) is 18.4 Å². The minimum Gasteiger partial charge on any atom is -0.490 e. The Labute approximate surface area is 107 Å². The third kappa shape index (κ3) is 2.46. The first-order valence-electron chi connectivity index (χ1n) is 6.36. The maximum Gasteiger partial charge on any atom is 0.150 e. The summed E-state index contributed by atoms with van der Waals surface area (Å²) in [6.07, 6.45) is 2.31. The lowest BCUT2D eigenvalue weighted by molar-refractivity contribution is 0.190. The van der Waals surface area contributed by atoms with Crippen molar-refractivity contribution in [1.29, 1.82) is 0 Å². The van der Waals surface area contributed by atoms with Gasteiger partial charge < -0.3 is 10.1 Å². The Balaban J connectivity index is 1.67. The largest absolute Gasteiger partial charge is 0.490 e. The van der Waals surface area contributed by atoms with E-state index in [0.29, 0.717) is 12.8 Å². The molecular formula is C13H17NO3S. The first-order chi connectivity index (χ1) is 8.62. The molecule has 2 aliphatic heterocycles. The molecule has 1 N–H and O–H groups in total. The lowest BCUT2D eigenvalue weighted by Gasteiger charge is -2.23. The van der Waals surface area contributed by atoms with Crippen LogP contribution in [-0.2, 0) is 16.3 Å². The number of benzene rings is 1. The molecule has 0 radical (unpaired) electrons. The van der Waals surface area contributed by atoms with Crippen molar-refractivity contribution < 1.29 is 13.2 Å². The van der Waals surface area contributed by atoms with Crippen LogP contribution in [0.2, 0.25) is 0 Å². The van der Waals surface area contributed by atoms with Crippen molar-refractivity contribution in [2.45, 2.75) is 25.4 Å². The van der Waals surface area contributed by atoms with Crippen LogP contribution in [0, 0.1) is 0 Å². The highest BCUT2D eigenvalue weighted by Gasteiger charge is 2.25. The molecular weight excluding hydrogens is 250 g/mol. The second-order valence-corrected chi connectivity index (χ2v) is 7.27. The molecule has 2 aliphatic rings. The van der Waals surface area contributed by atoms with Crippen molar-refractivity contribution in [2.24, 2.45) is 0 Å². The number of rotatable bonds is 2. The molecule has 0 amide bonds. The van der Waals surface area contributed by atoms with Gasteiger partial charge in [0.05, 0.1) is 11.5 Å². The van der Waals surface area contributed by atoms with Crippen LogP contribution in [0.25, 0.3) is 0 Å². The lowest BCUT2D eigenvalue weighted by Crippen LogP contribution is -2.30. The molecule has 0 spiro atoms. The number of sulfone groups is 1. The summed E-state index contributed by atoms with van der Waals surface area (Å²) in [5.41, 5.74) is 2.48. The number of nitrogens with one attached hydrogen (secondary N) is 1. The SMILES string of the molecule is O=S1(=O)CCC(Oc2ccc3c(c2)NCC3)CC1. The Hall–Kier alpha value is -1.23. The minimum absolute atomic E-state index is 0.0352. The van der Waals surface area contributed by atoms with Crippen LogP contribution in [-0.4, -0.2) is 32.6 Å². The monoisotopic (exact) mass is 267 g/mol. The average molecular weight is 267 g/mol. The quantitative estimate of drug-likeness (QED) is 0.884. The Morgan fingerprint density at radius 1 is 1.22 bits per heavy atom. The molecule has 1 aromatic carbocycles. The Bertz CT molecular complexity index is 539. The summed E-state index contributed by atoms with van der Waals surface area (Å²) in [4.78, 5) is 0. The van der Waals surface area contributed by atoms with Gasteiger partial charge in [0.25, 0.3) is 0 Å². The highest BCUT2D eigenvalue weighted by atomic mass is 32.2. The number of hydrogen-bond donors (Lipinski definition) is 1. The van der Waals surface area contributed by atoms with Gasteiger partial charge in [-0.2, -0.15) is 0 Å². The molecule has 18 heavy (non-hydrogen) atoms. The van der Waals surface area contributed by atoms with E-state index in [1.165, 1.54) is 5.56 Å². The normalized spacial score (nSPS) is 22.2. The fourth-order valence-corrected chi connectivity index (χ4v) is 3.97. The molecule has 1 fully saturated rings. The summed E-state index contributed by atoms with van der Waals surface area (Å²) in [7, 11) is -2.81. The van der Waals surface area contributed by atoms with Crippen molar-refractivity contribution in [3.63, 3.8) is 0 Å². The van der Waals surface area contributed by atoms with E-state index in [0.717, 1.165) is 24.4 Å². The van der Waals surface area contributed by atoms with Crippen LogP contribution in [0.15, 0.2) is 18.2 Å². The van der Waals surface area contributed by atoms with Crippen molar-refractivity contribution in [1.82, 2.24) is 0 Å². The molecule has 1 saturated heterocycles. The summed E-state index contributed by atoms with van der Waals surface area (Å²) < 4.78 is 28.5. The van der Waals surface area contributed by atoms with E-state index in [-0.39, 0.29) is 17.6 Å². The van der Waals surface area contributed by atoms with Gasteiger partial charge in [0.1, 0.15) is 11.9 Å². The molecule has 2 heterocycles. The van der Waals surface area contributed by atoms with Crippen LogP contribution in [0.3, 0.4) is 0 Å². The summed E-state index contributed by atoms with van der Waals surface area (Å²) >= 11 is 0. The van der Waals surface area contributed by atoms with Gasteiger partial charge in [-0.05, 0) is 30.9 Å².